The monoisotopic (exact) mass is 387 g/mol. The van der Waals surface area contributed by atoms with Crippen molar-refractivity contribution in [3.05, 3.63) is 77.6 Å². The molecular weight excluding hydrogens is 366 g/mol. The first-order chi connectivity index (χ1) is 14.1. The molecular formula is C22H21N5O2. The van der Waals surface area contributed by atoms with Gasteiger partial charge in [-0.25, -0.2) is 9.78 Å². The predicted octanol–water partition coefficient (Wildman–Crippen LogP) is 4.36. The molecule has 0 saturated heterocycles. The fourth-order valence-corrected chi connectivity index (χ4v) is 3.28. The van der Waals surface area contributed by atoms with Gasteiger partial charge in [0.2, 0.25) is 5.95 Å². The molecule has 7 nitrogen and oxygen atoms in total. The molecule has 29 heavy (non-hydrogen) atoms. The molecule has 0 saturated carbocycles. The molecule has 146 valence electrons. The van der Waals surface area contributed by atoms with Gasteiger partial charge in [-0.3, -0.25) is 0 Å². The Morgan fingerprint density at radius 1 is 1.10 bits per heavy atom. The normalized spacial score (nSPS) is 10.8. The maximum atomic E-state index is 11.4. The molecule has 7 heteroatoms. The van der Waals surface area contributed by atoms with Crippen LogP contribution in [0.1, 0.15) is 21.6 Å². The zero-order valence-electron chi connectivity index (χ0n) is 15.9. The van der Waals surface area contributed by atoms with E-state index in [1.54, 1.807) is 30.3 Å². The lowest BCUT2D eigenvalue weighted by atomic mass is 10.1. The Hall–Kier alpha value is -3.87. The third-order valence-corrected chi connectivity index (χ3v) is 4.63. The number of fused-ring (bicyclic) bond motifs is 1. The fraction of sp³-hybridized carbons (Fsp3) is 0.136. The van der Waals surface area contributed by atoms with E-state index in [1.807, 2.05) is 25.3 Å². The van der Waals surface area contributed by atoms with Gasteiger partial charge in [-0.05, 0) is 37.1 Å². The second-order valence-corrected chi connectivity index (χ2v) is 6.73. The number of nitrogens with zero attached hydrogens (tertiary/aromatic N) is 2. The van der Waals surface area contributed by atoms with E-state index in [4.69, 9.17) is 0 Å². The van der Waals surface area contributed by atoms with Gasteiger partial charge in [-0.15, -0.1) is 0 Å². The molecule has 4 rings (SSSR count). The van der Waals surface area contributed by atoms with Crippen molar-refractivity contribution < 1.29 is 9.90 Å². The molecule has 4 N–H and O–H groups in total. The summed E-state index contributed by atoms with van der Waals surface area (Å²) in [6, 6.07) is 16.7. The van der Waals surface area contributed by atoms with Gasteiger partial charge in [-0.2, -0.15) is 4.98 Å². The SMILES string of the molecule is Cc1cc(Nc2ccccc2C(=O)O)nc(NCCc2c[nH]c3ccccc23)n1. The number of nitrogens with one attached hydrogen (secondary N) is 3. The topological polar surface area (TPSA) is 103 Å². The van der Waals surface area contributed by atoms with Crippen molar-refractivity contribution in [2.24, 2.45) is 0 Å². The van der Waals surface area contributed by atoms with E-state index in [-0.39, 0.29) is 5.56 Å². The first-order valence-electron chi connectivity index (χ1n) is 9.34. The second-order valence-electron chi connectivity index (χ2n) is 6.73. The number of aryl methyl sites for hydroxylation is 1. The number of para-hydroxylation sites is 2. The molecule has 2 aromatic heterocycles. The average molecular weight is 387 g/mol. The molecule has 0 amide bonds. The summed E-state index contributed by atoms with van der Waals surface area (Å²) in [6.07, 6.45) is 2.85. The Labute approximate surface area is 167 Å². The number of aromatic amines is 1. The van der Waals surface area contributed by atoms with Gasteiger partial charge in [-0.1, -0.05) is 30.3 Å². The van der Waals surface area contributed by atoms with E-state index < -0.39 is 5.97 Å². The zero-order chi connectivity index (χ0) is 20.2. The van der Waals surface area contributed by atoms with E-state index in [2.05, 4.69) is 37.7 Å². The lowest BCUT2D eigenvalue weighted by molar-refractivity contribution is 0.0698. The van der Waals surface area contributed by atoms with Crippen LogP contribution < -0.4 is 10.6 Å². The van der Waals surface area contributed by atoms with Crippen LogP contribution in [-0.4, -0.2) is 32.6 Å². The van der Waals surface area contributed by atoms with Crippen LogP contribution in [0, 0.1) is 6.92 Å². The van der Waals surface area contributed by atoms with Gasteiger partial charge in [0.1, 0.15) is 5.82 Å². The summed E-state index contributed by atoms with van der Waals surface area (Å²) < 4.78 is 0. The Morgan fingerprint density at radius 2 is 1.90 bits per heavy atom. The third-order valence-electron chi connectivity index (χ3n) is 4.63. The second kappa shape index (κ2) is 8.02. The molecule has 4 aromatic rings. The minimum absolute atomic E-state index is 0.192. The molecule has 0 fully saturated rings. The highest BCUT2D eigenvalue weighted by Gasteiger charge is 2.11. The van der Waals surface area contributed by atoms with E-state index in [1.165, 1.54) is 10.9 Å². The van der Waals surface area contributed by atoms with Gasteiger partial charge in [0, 0.05) is 35.4 Å². The minimum atomic E-state index is -0.990. The van der Waals surface area contributed by atoms with Crippen LogP contribution in [0.5, 0.6) is 0 Å². The van der Waals surface area contributed by atoms with Crippen LogP contribution in [0.15, 0.2) is 60.8 Å². The maximum absolute atomic E-state index is 11.4. The van der Waals surface area contributed by atoms with Crippen LogP contribution in [-0.2, 0) is 6.42 Å². The van der Waals surface area contributed by atoms with Crippen molar-refractivity contribution in [1.82, 2.24) is 15.0 Å². The highest BCUT2D eigenvalue weighted by Crippen LogP contribution is 2.21. The summed E-state index contributed by atoms with van der Waals surface area (Å²) in [5.74, 6) is 0.0527. The summed E-state index contributed by atoms with van der Waals surface area (Å²) in [5, 5.41) is 16.9. The number of hydrogen-bond acceptors (Lipinski definition) is 5. The largest absolute Gasteiger partial charge is 0.478 e. The van der Waals surface area contributed by atoms with Gasteiger partial charge in [0.05, 0.1) is 11.3 Å². The Kier molecular flexibility index (Phi) is 5.11. The quantitative estimate of drug-likeness (QED) is 0.376. The predicted molar refractivity (Wildman–Crippen MR) is 114 cm³/mol. The van der Waals surface area contributed by atoms with Gasteiger partial charge in [0.25, 0.3) is 0 Å². The first kappa shape index (κ1) is 18.5. The molecule has 0 aliphatic carbocycles. The number of H-pyrrole nitrogens is 1. The smallest absolute Gasteiger partial charge is 0.337 e. The van der Waals surface area contributed by atoms with Crippen molar-refractivity contribution in [1.29, 1.82) is 0 Å². The third kappa shape index (κ3) is 4.19. The summed E-state index contributed by atoms with van der Waals surface area (Å²) in [7, 11) is 0. The number of aromatic carboxylic acids is 1. The number of anilines is 3. The number of carbonyl (C=O) groups is 1. The summed E-state index contributed by atoms with van der Waals surface area (Å²) in [5.41, 5.74) is 3.82. The molecule has 0 radical (unpaired) electrons. The molecule has 0 atom stereocenters. The summed E-state index contributed by atoms with van der Waals surface area (Å²) >= 11 is 0. The standard InChI is InChI=1S/C22H21N5O2/c1-14-12-20(26-19-9-5-3-7-17(19)21(28)29)27-22(25-14)23-11-10-15-13-24-18-8-4-2-6-16(15)18/h2-9,12-13,24H,10-11H2,1H3,(H,28,29)(H2,23,25,26,27). The first-order valence-corrected chi connectivity index (χ1v) is 9.34. The van der Waals surface area contributed by atoms with Crippen molar-refractivity contribution in [3.8, 4) is 0 Å². The molecule has 0 spiro atoms. The summed E-state index contributed by atoms with van der Waals surface area (Å²) in [4.78, 5) is 23.6. The van der Waals surface area contributed by atoms with E-state index in [9.17, 15) is 9.90 Å². The number of aromatic nitrogens is 3. The fourth-order valence-electron chi connectivity index (χ4n) is 3.28. The maximum Gasteiger partial charge on any atom is 0.337 e. The summed E-state index contributed by atoms with van der Waals surface area (Å²) in [6.45, 7) is 2.55. The van der Waals surface area contributed by atoms with Crippen molar-refractivity contribution in [2.75, 3.05) is 17.2 Å². The van der Waals surface area contributed by atoms with Crippen LogP contribution in [0.25, 0.3) is 10.9 Å². The van der Waals surface area contributed by atoms with Crippen LogP contribution in [0.2, 0.25) is 0 Å². The van der Waals surface area contributed by atoms with Crippen molar-refractivity contribution >= 4 is 34.3 Å². The van der Waals surface area contributed by atoms with Crippen molar-refractivity contribution in [2.45, 2.75) is 13.3 Å². The number of hydrogen-bond donors (Lipinski definition) is 4. The van der Waals surface area contributed by atoms with Crippen molar-refractivity contribution in [3.63, 3.8) is 0 Å². The Balaban J connectivity index is 1.47. The number of carboxylic acid groups (broad SMARTS) is 1. The molecule has 0 aliphatic heterocycles. The van der Waals surface area contributed by atoms with Crippen LogP contribution in [0.4, 0.5) is 17.5 Å². The van der Waals surface area contributed by atoms with Gasteiger partial charge in [0.15, 0.2) is 0 Å². The number of rotatable bonds is 7. The molecule has 0 unspecified atom stereocenters. The molecule has 0 bridgehead atoms. The average Bonchev–Trinajstić information content (AvgIpc) is 3.11. The lowest BCUT2D eigenvalue weighted by Gasteiger charge is -2.11. The van der Waals surface area contributed by atoms with E-state index >= 15 is 0 Å². The number of carboxylic acids is 1. The number of benzene rings is 2. The Bertz CT molecular complexity index is 1170. The highest BCUT2D eigenvalue weighted by molar-refractivity contribution is 5.95. The minimum Gasteiger partial charge on any atom is -0.478 e. The van der Waals surface area contributed by atoms with E-state index in [0.29, 0.717) is 24.0 Å². The highest BCUT2D eigenvalue weighted by atomic mass is 16.4. The molecule has 0 aliphatic rings. The molecule has 2 heterocycles. The zero-order valence-corrected chi connectivity index (χ0v) is 15.9. The van der Waals surface area contributed by atoms with Crippen LogP contribution >= 0.6 is 0 Å². The molecule has 2 aromatic carbocycles. The van der Waals surface area contributed by atoms with Crippen LogP contribution in [0.3, 0.4) is 0 Å². The lowest BCUT2D eigenvalue weighted by Crippen LogP contribution is -2.10. The van der Waals surface area contributed by atoms with E-state index in [0.717, 1.165) is 17.6 Å². The van der Waals surface area contributed by atoms with Gasteiger partial charge >= 0.3 is 5.97 Å². The Morgan fingerprint density at radius 3 is 2.76 bits per heavy atom. The van der Waals surface area contributed by atoms with Gasteiger partial charge < -0.3 is 20.7 Å².